The highest BCUT2D eigenvalue weighted by Crippen LogP contribution is 2.29. The highest BCUT2D eigenvalue weighted by atomic mass is 16.2. The van der Waals surface area contributed by atoms with Gasteiger partial charge in [-0.05, 0) is 35.1 Å². The lowest BCUT2D eigenvalue weighted by Crippen LogP contribution is -2.37. The molecule has 0 fully saturated rings. The van der Waals surface area contributed by atoms with Gasteiger partial charge in [0.25, 0.3) is 0 Å². The van der Waals surface area contributed by atoms with Crippen LogP contribution in [0.4, 0.5) is 5.69 Å². The van der Waals surface area contributed by atoms with Crippen molar-refractivity contribution in [3.63, 3.8) is 0 Å². The van der Waals surface area contributed by atoms with Crippen LogP contribution in [0.25, 0.3) is 10.9 Å². The highest BCUT2D eigenvalue weighted by Gasteiger charge is 2.20. The third kappa shape index (κ3) is 4.37. The first-order valence-electron chi connectivity index (χ1n) is 9.10. The van der Waals surface area contributed by atoms with Gasteiger partial charge >= 0.3 is 11.8 Å². The van der Waals surface area contributed by atoms with Gasteiger partial charge in [0.05, 0.1) is 0 Å². The molecule has 0 bridgehead atoms. The molecule has 0 unspecified atom stereocenters. The van der Waals surface area contributed by atoms with E-state index in [1.807, 2.05) is 54.7 Å². The minimum atomic E-state index is -0.648. The second-order valence-electron chi connectivity index (χ2n) is 7.62. The first-order valence-corrected chi connectivity index (χ1v) is 9.10. The van der Waals surface area contributed by atoms with E-state index in [1.165, 1.54) is 0 Å². The SMILES string of the molecule is CC(C)(C)c1ccccc1NC(=O)C(=O)NCCc1c[nH]c2ccccc12. The molecule has 0 aliphatic rings. The van der Waals surface area contributed by atoms with Crippen molar-refractivity contribution in [1.29, 1.82) is 0 Å². The quantitative estimate of drug-likeness (QED) is 0.618. The molecule has 0 saturated heterocycles. The van der Waals surface area contributed by atoms with E-state index in [-0.39, 0.29) is 5.41 Å². The third-order valence-corrected chi connectivity index (χ3v) is 4.54. The zero-order chi connectivity index (χ0) is 19.4. The molecule has 2 amide bonds. The van der Waals surface area contributed by atoms with Crippen LogP contribution >= 0.6 is 0 Å². The number of para-hydroxylation sites is 2. The summed E-state index contributed by atoms with van der Waals surface area (Å²) in [7, 11) is 0. The number of rotatable bonds is 4. The van der Waals surface area contributed by atoms with Crippen molar-refractivity contribution in [2.45, 2.75) is 32.6 Å². The molecule has 3 rings (SSSR count). The number of fused-ring (bicyclic) bond motifs is 1. The molecule has 1 aromatic heterocycles. The fourth-order valence-electron chi connectivity index (χ4n) is 3.15. The molecule has 0 aliphatic carbocycles. The number of carbonyl (C=O) groups is 2. The van der Waals surface area contributed by atoms with E-state index in [4.69, 9.17) is 0 Å². The Bertz CT molecular complexity index is 967. The monoisotopic (exact) mass is 363 g/mol. The van der Waals surface area contributed by atoms with Crippen LogP contribution in [0.3, 0.4) is 0 Å². The number of nitrogens with one attached hydrogen (secondary N) is 3. The summed E-state index contributed by atoms with van der Waals surface area (Å²) >= 11 is 0. The van der Waals surface area contributed by atoms with Crippen molar-refractivity contribution >= 4 is 28.4 Å². The number of hydrogen-bond acceptors (Lipinski definition) is 2. The summed E-state index contributed by atoms with van der Waals surface area (Å²) in [5, 5.41) is 6.57. The van der Waals surface area contributed by atoms with E-state index in [0.29, 0.717) is 18.7 Å². The molecular weight excluding hydrogens is 338 g/mol. The van der Waals surface area contributed by atoms with Gasteiger partial charge in [0, 0.05) is 29.3 Å². The van der Waals surface area contributed by atoms with Crippen molar-refractivity contribution in [2.75, 3.05) is 11.9 Å². The zero-order valence-corrected chi connectivity index (χ0v) is 15.9. The van der Waals surface area contributed by atoms with Crippen LogP contribution in [-0.4, -0.2) is 23.3 Å². The predicted molar refractivity (Wildman–Crippen MR) is 109 cm³/mol. The lowest BCUT2D eigenvalue weighted by atomic mass is 9.86. The first-order chi connectivity index (χ1) is 12.9. The molecule has 0 aliphatic heterocycles. The van der Waals surface area contributed by atoms with Crippen LogP contribution in [0.15, 0.2) is 54.7 Å². The molecule has 3 aromatic rings. The fourth-order valence-corrected chi connectivity index (χ4v) is 3.15. The Morgan fingerprint density at radius 1 is 0.963 bits per heavy atom. The Morgan fingerprint density at radius 3 is 2.44 bits per heavy atom. The zero-order valence-electron chi connectivity index (χ0n) is 15.9. The Labute approximate surface area is 159 Å². The van der Waals surface area contributed by atoms with Crippen molar-refractivity contribution in [3.05, 3.63) is 65.9 Å². The second-order valence-corrected chi connectivity index (χ2v) is 7.62. The highest BCUT2D eigenvalue weighted by molar-refractivity contribution is 6.39. The predicted octanol–water partition coefficient (Wildman–Crippen LogP) is 3.76. The van der Waals surface area contributed by atoms with Gasteiger partial charge in [-0.25, -0.2) is 0 Å². The topological polar surface area (TPSA) is 74.0 Å². The molecule has 0 spiro atoms. The lowest BCUT2D eigenvalue weighted by molar-refractivity contribution is -0.136. The Hall–Kier alpha value is -3.08. The van der Waals surface area contributed by atoms with Gasteiger partial charge in [-0.15, -0.1) is 0 Å². The van der Waals surface area contributed by atoms with Crippen molar-refractivity contribution in [1.82, 2.24) is 10.3 Å². The van der Waals surface area contributed by atoms with E-state index in [9.17, 15) is 9.59 Å². The lowest BCUT2D eigenvalue weighted by Gasteiger charge is -2.22. The van der Waals surface area contributed by atoms with Crippen LogP contribution in [-0.2, 0) is 21.4 Å². The van der Waals surface area contributed by atoms with Crippen LogP contribution in [0.2, 0.25) is 0 Å². The van der Waals surface area contributed by atoms with Crippen LogP contribution in [0.5, 0.6) is 0 Å². The van der Waals surface area contributed by atoms with Crippen molar-refractivity contribution in [3.8, 4) is 0 Å². The van der Waals surface area contributed by atoms with E-state index in [1.54, 1.807) is 0 Å². The van der Waals surface area contributed by atoms with Crippen LogP contribution in [0.1, 0.15) is 31.9 Å². The Balaban J connectivity index is 1.58. The van der Waals surface area contributed by atoms with Gasteiger partial charge in [-0.3, -0.25) is 9.59 Å². The smallest absolute Gasteiger partial charge is 0.313 e. The average Bonchev–Trinajstić information content (AvgIpc) is 3.04. The minimum absolute atomic E-state index is 0.129. The summed E-state index contributed by atoms with van der Waals surface area (Å²) in [5.41, 5.74) is 3.71. The number of aromatic amines is 1. The maximum atomic E-state index is 12.3. The Morgan fingerprint density at radius 2 is 1.67 bits per heavy atom. The molecular formula is C22H25N3O2. The molecule has 0 saturated carbocycles. The first kappa shape index (κ1) is 18.7. The van der Waals surface area contributed by atoms with Crippen LogP contribution < -0.4 is 10.6 Å². The maximum absolute atomic E-state index is 12.3. The summed E-state index contributed by atoms with van der Waals surface area (Å²) in [4.78, 5) is 27.6. The summed E-state index contributed by atoms with van der Waals surface area (Å²) in [6.07, 6.45) is 2.60. The maximum Gasteiger partial charge on any atom is 0.313 e. The summed E-state index contributed by atoms with van der Waals surface area (Å²) in [6, 6.07) is 15.6. The van der Waals surface area contributed by atoms with Gasteiger partial charge < -0.3 is 15.6 Å². The van der Waals surface area contributed by atoms with Gasteiger partial charge in [0.15, 0.2) is 0 Å². The number of aromatic nitrogens is 1. The van der Waals surface area contributed by atoms with E-state index >= 15 is 0 Å². The fraction of sp³-hybridized carbons (Fsp3) is 0.273. The third-order valence-electron chi connectivity index (χ3n) is 4.54. The molecule has 0 radical (unpaired) electrons. The van der Waals surface area contributed by atoms with E-state index < -0.39 is 11.8 Å². The molecule has 3 N–H and O–H groups in total. The number of anilines is 1. The van der Waals surface area contributed by atoms with Gasteiger partial charge in [-0.1, -0.05) is 57.2 Å². The standard InChI is InChI=1S/C22H25N3O2/c1-22(2,3)17-9-5-7-11-19(17)25-21(27)20(26)23-13-12-15-14-24-18-10-6-4-8-16(15)18/h4-11,14,24H,12-13H2,1-3H3,(H,23,26)(H,25,27). The summed E-state index contributed by atoms with van der Waals surface area (Å²) in [6.45, 7) is 6.60. The van der Waals surface area contributed by atoms with Gasteiger partial charge in [0.1, 0.15) is 0 Å². The van der Waals surface area contributed by atoms with Gasteiger partial charge in [-0.2, -0.15) is 0 Å². The molecule has 1 heterocycles. The molecule has 5 nitrogen and oxygen atoms in total. The normalized spacial score (nSPS) is 11.4. The summed E-state index contributed by atoms with van der Waals surface area (Å²) in [5.74, 6) is -1.27. The number of carbonyl (C=O) groups excluding carboxylic acids is 2. The molecule has 2 aromatic carbocycles. The second kappa shape index (κ2) is 7.66. The van der Waals surface area contributed by atoms with Crippen LogP contribution in [0, 0.1) is 0 Å². The number of benzene rings is 2. The summed E-state index contributed by atoms with van der Waals surface area (Å²) < 4.78 is 0. The average molecular weight is 363 g/mol. The van der Waals surface area contributed by atoms with E-state index in [0.717, 1.165) is 22.0 Å². The minimum Gasteiger partial charge on any atom is -0.361 e. The van der Waals surface area contributed by atoms with Crippen molar-refractivity contribution in [2.24, 2.45) is 0 Å². The Kier molecular flexibility index (Phi) is 5.31. The molecule has 27 heavy (non-hydrogen) atoms. The van der Waals surface area contributed by atoms with Gasteiger partial charge in [0.2, 0.25) is 0 Å². The number of amides is 2. The molecule has 5 heteroatoms. The van der Waals surface area contributed by atoms with Crippen molar-refractivity contribution < 1.29 is 9.59 Å². The molecule has 140 valence electrons. The number of hydrogen-bond donors (Lipinski definition) is 3. The number of H-pyrrole nitrogens is 1. The van der Waals surface area contributed by atoms with E-state index in [2.05, 4.69) is 36.4 Å². The largest absolute Gasteiger partial charge is 0.361 e. The molecule has 0 atom stereocenters.